The first-order chi connectivity index (χ1) is 9.76. The molecule has 0 atom stereocenters. The fraction of sp³-hybridized carbons (Fsp3) is 0.133. The molecule has 0 aromatic heterocycles. The van der Waals surface area contributed by atoms with Crippen LogP contribution in [0.5, 0.6) is 11.5 Å². The van der Waals surface area contributed by atoms with Crippen LogP contribution in [-0.2, 0) is 0 Å². The monoisotopic (exact) mass is 267 g/mol. The van der Waals surface area contributed by atoms with Crippen molar-refractivity contribution in [1.29, 1.82) is 5.26 Å². The van der Waals surface area contributed by atoms with Crippen LogP contribution in [0.1, 0.15) is 5.56 Å². The zero-order chi connectivity index (χ0) is 13.9. The zero-order valence-electron chi connectivity index (χ0n) is 10.7. The van der Waals surface area contributed by atoms with E-state index < -0.39 is 0 Å². The van der Waals surface area contributed by atoms with E-state index in [2.05, 4.69) is 11.4 Å². The van der Waals surface area contributed by atoms with E-state index in [0.717, 1.165) is 17.1 Å². The Balaban J connectivity index is 1.86. The van der Waals surface area contributed by atoms with Crippen molar-refractivity contribution in [3.8, 4) is 17.6 Å². The van der Waals surface area contributed by atoms with E-state index in [1.807, 2.05) is 18.2 Å². The molecular weight excluding hydrogens is 254 g/mol. The summed E-state index contributed by atoms with van der Waals surface area (Å²) in [6.45, 7) is 1.12. The van der Waals surface area contributed by atoms with E-state index in [-0.39, 0.29) is 0 Å². The lowest BCUT2D eigenvalue weighted by Gasteiger charge is -2.19. The number of ether oxygens (including phenoxy) is 2. The summed E-state index contributed by atoms with van der Waals surface area (Å²) >= 11 is 0. The van der Waals surface area contributed by atoms with Gasteiger partial charge in [-0.25, -0.2) is 0 Å². The minimum Gasteiger partial charge on any atom is -0.486 e. The Bertz CT molecular complexity index is 692. The largest absolute Gasteiger partial charge is 0.486 e. The maximum absolute atomic E-state index is 8.82. The zero-order valence-corrected chi connectivity index (χ0v) is 10.7. The van der Waals surface area contributed by atoms with Gasteiger partial charge in [0.05, 0.1) is 23.0 Å². The Morgan fingerprint density at radius 1 is 1.05 bits per heavy atom. The molecule has 0 fully saturated rings. The van der Waals surface area contributed by atoms with Crippen molar-refractivity contribution in [1.82, 2.24) is 0 Å². The van der Waals surface area contributed by atoms with Gasteiger partial charge in [0.1, 0.15) is 13.2 Å². The van der Waals surface area contributed by atoms with Crippen molar-refractivity contribution in [3.05, 3.63) is 42.0 Å². The van der Waals surface area contributed by atoms with Crippen LogP contribution in [0.3, 0.4) is 0 Å². The molecule has 1 aliphatic heterocycles. The van der Waals surface area contributed by atoms with E-state index in [1.54, 1.807) is 18.2 Å². The number of nitrogen functional groups attached to an aromatic ring is 1. The van der Waals surface area contributed by atoms with Crippen LogP contribution < -0.4 is 20.5 Å². The van der Waals surface area contributed by atoms with E-state index in [9.17, 15) is 0 Å². The number of hydrogen-bond donors (Lipinski definition) is 2. The minimum absolute atomic E-state index is 0.527. The Morgan fingerprint density at radius 2 is 1.85 bits per heavy atom. The summed E-state index contributed by atoms with van der Waals surface area (Å²) in [6, 6.07) is 12.8. The summed E-state index contributed by atoms with van der Waals surface area (Å²) in [7, 11) is 0. The Labute approximate surface area is 116 Å². The molecule has 20 heavy (non-hydrogen) atoms. The van der Waals surface area contributed by atoms with Crippen molar-refractivity contribution in [2.75, 3.05) is 24.3 Å². The molecule has 3 N–H and O–H groups in total. The lowest BCUT2D eigenvalue weighted by Crippen LogP contribution is -2.15. The minimum atomic E-state index is 0.527. The molecule has 0 radical (unpaired) electrons. The van der Waals surface area contributed by atoms with Crippen LogP contribution in [0.2, 0.25) is 0 Å². The van der Waals surface area contributed by atoms with E-state index >= 15 is 0 Å². The molecule has 5 heteroatoms. The molecule has 2 aromatic carbocycles. The first kappa shape index (κ1) is 12.2. The molecule has 0 spiro atoms. The highest BCUT2D eigenvalue weighted by molar-refractivity contribution is 5.74. The molecule has 2 aromatic rings. The molecule has 100 valence electrons. The second kappa shape index (κ2) is 5.02. The van der Waals surface area contributed by atoms with Gasteiger partial charge in [-0.2, -0.15) is 5.26 Å². The van der Waals surface area contributed by atoms with Gasteiger partial charge in [-0.1, -0.05) is 0 Å². The molecule has 0 saturated carbocycles. The van der Waals surface area contributed by atoms with Gasteiger partial charge in [-0.05, 0) is 30.3 Å². The van der Waals surface area contributed by atoms with Crippen LogP contribution in [0.15, 0.2) is 36.4 Å². The Morgan fingerprint density at radius 3 is 2.60 bits per heavy atom. The van der Waals surface area contributed by atoms with Crippen LogP contribution in [0, 0.1) is 11.3 Å². The van der Waals surface area contributed by atoms with Crippen molar-refractivity contribution in [3.63, 3.8) is 0 Å². The van der Waals surface area contributed by atoms with Gasteiger partial charge in [-0.15, -0.1) is 0 Å². The number of benzene rings is 2. The standard InChI is InChI=1S/C15H13N3O2/c16-9-10-1-3-13(12(17)7-10)18-11-2-4-14-15(8-11)20-6-5-19-14/h1-4,7-8,18H,5-6,17H2. The van der Waals surface area contributed by atoms with Gasteiger partial charge in [0, 0.05) is 11.8 Å². The van der Waals surface area contributed by atoms with Gasteiger partial charge in [-0.3, -0.25) is 0 Å². The molecule has 1 aliphatic rings. The van der Waals surface area contributed by atoms with Gasteiger partial charge < -0.3 is 20.5 Å². The van der Waals surface area contributed by atoms with Crippen LogP contribution in [-0.4, -0.2) is 13.2 Å². The lowest BCUT2D eigenvalue weighted by molar-refractivity contribution is 0.171. The van der Waals surface area contributed by atoms with Crippen LogP contribution in [0.25, 0.3) is 0 Å². The fourth-order valence-electron chi connectivity index (χ4n) is 2.02. The van der Waals surface area contributed by atoms with Gasteiger partial charge in [0.25, 0.3) is 0 Å². The highest BCUT2D eigenvalue weighted by Gasteiger charge is 2.12. The third-order valence-corrected chi connectivity index (χ3v) is 3.00. The summed E-state index contributed by atoms with van der Waals surface area (Å²) in [6.07, 6.45) is 0. The summed E-state index contributed by atoms with van der Waals surface area (Å²) < 4.78 is 11.0. The second-order valence-electron chi connectivity index (χ2n) is 4.40. The van der Waals surface area contributed by atoms with Crippen LogP contribution in [0.4, 0.5) is 17.1 Å². The molecule has 0 aliphatic carbocycles. The highest BCUT2D eigenvalue weighted by Crippen LogP contribution is 2.34. The molecule has 0 unspecified atom stereocenters. The summed E-state index contributed by atoms with van der Waals surface area (Å²) in [5, 5.41) is 12.0. The number of nitriles is 1. The lowest BCUT2D eigenvalue weighted by atomic mass is 10.2. The third-order valence-electron chi connectivity index (χ3n) is 3.00. The van der Waals surface area contributed by atoms with Crippen molar-refractivity contribution in [2.24, 2.45) is 0 Å². The predicted molar refractivity (Wildman–Crippen MR) is 76.3 cm³/mol. The van der Waals surface area contributed by atoms with Crippen molar-refractivity contribution >= 4 is 17.1 Å². The SMILES string of the molecule is N#Cc1ccc(Nc2ccc3c(c2)OCCO3)c(N)c1. The average molecular weight is 267 g/mol. The van der Waals surface area contributed by atoms with Crippen LogP contribution >= 0.6 is 0 Å². The van der Waals surface area contributed by atoms with E-state index in [0.29, 0.717) is 30.2 Å². The van der Waals surface area contributed by atoms with Gasteiger partial charge >= 0.3 is 0 Å². The highest BCUT2D eigenvalue weighted by atomic mass is 16.6. The van der Waals surface area contributed by atoms with Gasteiger partial charge in [0.2, 0.25) is 0 Å². The number of anilines is 3. The summed E-state index contributed by atoms with van der Waals surface area (Å²) in [5.74, 6) is 1.46. The topological polar surface area (TPSA) is 80.3 Å². The molecule has 0 bridgehead atoms. The van der Waals surface area contributed by atoms with Gasteiger partial charge in [0.15, 0.2) is 11.5 Å². The van der Waals surface area contributed by atoms with E-state index in [1.165, 1.54) is 0 Å². The average Bonchev–Trinajstić information content (AvgIpc) is 2.49. The number of rotatable bonds is 2. The third kappa shape index (κ3) is 2.31. The van der Waals surface area contributed by atoms with E-state index in [4.69, 9.17) is 20.5 Å². The number of fused-ring (bicyclic) bond motifs is 1. The number of hydrogen-bond acceptors (Lipinski definition) is 5. The number of nitrogens with zero attached hydrogens (tertiary/aromatic N) is 1. The first-order valence-electron chi connectivity index (χ1n) is 6.22. The van der Waals surface area contributed by atoms with Crippen molar-refractivity contribution in [2.45, 2.75) is 0 Å². The molecular formula is C15H13N3O2. The first-order valence-corrected chi connectivity index (χ1v) is 6.22. The fourth-order valence-corrected chi connectivity index (χ4v) is 2.02. The Kier molecular flexibility index (Phi) is 3.05. The number of nitrogens with two attached hydrogens (primary N) is 1. The maximum atomic E-state index is 8.82. The predicted octanol–water partition coefficient (Wildman–Crippen LogP) is 2.66. The summed E-state index contributed by atoms with van der Waals surface area (Å²) in [5.41, 5.74) is 8.58. The second-order valence-corrected chi connectivity index (χ2v) is 4.40. The Hall–Kier alpha value is -2.87. The van der Waals surface area contributed by atoms with Crippen molar-refractivity contribution < 1.29 is 9.47 Å². The quantitative estimate of drug-likeness (QED) is 0.818. The molecule has 0 amide bonds. The normalized spacial score (nSPS) is 12.6. The number of nitrogens with one attached hydrogen (secondary N) is 1. The smallest absolute Gasteiger partial charge is 0.163 e. The maximum Gasteiger partial charge on any atom is 0.163 e. The summed E-state index contributed by atoms with van der Waals surface area (Å²) in [4.78, 5) is 0. The molecule has 5 nitrogen and oxygen atoms in total. The molecule has 1 heterocycles. The molecule has 0 saturated heterocycles. The molecule has 3 rings (SSSR count).